The Bertz CT molecular complexity index is 1400. The maximum Gasteiger partial charge on any atom is 0.229 e. The van der Waals surface area contributed by atoms with E-state index in [1.807, 2.05) is 57.2 Å². The van der Waals surface area contributed by atoms with Crippen LogP contribution >= 0.6 is 0 Å². The van der Waals surface area contributed by atoms with Crippen LogP contribution in [-0.4, -0.2) is 52.7 Å². The van der Waals surface area contributed by atoms with Crippen LogP contribution in [0.1, 0.15) is 78.7 Å². The maximum atomic E-state index is 13.3. The second-order valence-corrected chi connectivity index (χ2v) is 12.2. The third-order valence-electron chi connectivity index (χ3n) is 7.91. The van der Waals surface area contributed by atoms with Crippen molar-refractivity contribution in [3.05, 3.63) is 70.4 Å². The van der Waals surface area contributed by atoms with Crippen molar-refractivity contribution >= 4 is 18.0 Å². The number of amides is 1. The predicted molar refractivity (Wildman–Crippen MR) is 158 cm³/mol. The third-order valence-corrected chi connectivity index (χ3v) is 7.91. The maximum absolute atomic E-state index is 13.3. The zero-order chi connectivity index (χ0) is 29.9. The van der Waals surface area contributed by atoms with Gasteiger partial charge < -0.3 is 24.6 Å². The number of carbonyl (C=O) groups excluding carboxylic acids is 2. The van der Waals surface area contributed by atoms with Crippen LogP contribution in [0.2, 0.25) is 0 Å². The minimum Gasteiger partial charge on any atom is -0.496 e. The molecule has 1 fully saturated rings. The number of hydrogen-bond donors (Lipinski definition) is 4. The van der Waals surface area contributed by atoms with Crippen molar-refractivity contribution in [1.82, 2.24) is 15.5 Å². The van der Waals surface area contributed by atoms with Gasteiger partial charge in [-0.1, -0.05) is 30.3 Å². The van der Waals surface area contributed by atoms with E-state index in [-0.39, 0.29) is 29.4 Å². The lowest BCUT2D eigenvalue weighted by molar-refractivity contribution is -0.161. The lowest BCUT2D eigenvalue weighted by atomic mass is 10.0. The molecule has 42 heavy (non-hydrogen) atoms. The van der Waals surface area contributed by atoms with Gasteiger partial charge in [0.05, 0.1) is 18.8 Å². The van der Waals surface area contributed by atoms with Gasteiger partial charge in [-0.05, 0) is 69.6 Å². The van der Waals surface area contributed by atoms with Crippen molar-refractivity contribution in [1.29, 1.82) is 0 Å². The highest BCUT2D eigenvalue weighted by Crippen LogP contribution is 2.41. The Kier molecular flexibility index (Phi) is 8.96. The molecule has 10 heteroatoms. The molecule has 2 aromatic carbocycles. The molecule has 1 aromatic heterocycles. The summed E-state index contributed by atoms with van der Waals surface area (Å²) in [5, 5.41) is 23.6. The first kappa shape index (κ1) is 29.8. The first-order valence-electron chi connectivity index (χ1n) is 14.5. The standard InChI is InChI=1S/C32H40N4O6/c1-32(2,3)34-31(39)42-22-11-10-20(12-22)26-15-29(36-35-26)33-30(38)21-13-23-24(14-21)27(40-4)16-28(25(23)17-37)41-18-19-8-6-5-7-9-19/h5-9,15-17,20-22,31,34,39H,10-14,18H2,1-4H3,(H2,33,35,36,38)/t20-,21?,22+,31?/m0/s1. The number of aliphatic hydroxyl groups is 1. The number of carbonyl (C=O) groups is 2. The summed E-state index contributed by atoms with van der Waals surface area (Å²) in [4.78, 5) is 25.5. The second-order valence-electron chi connectivity index (χ2n) is 12.2. The Morgan fingerprint density at radius 2 is 1.90 bits per heavy atom. The number of hydrogen-bond acceptors (Lipinski definition) is 8. The fourth-order valence-corrected chi connectivity index (χ4v) is 5.89. The molecule has 4 N–H and O–H groups in total. The molecule has 4 atom stereocenters. The SMILES string of the molecule is COc1cc(OCc2ccccc2)c(C=O)c2c1CC(C(=O)Nc1cc([C@H]3CC[C@@H](OC(O)NC(C)(C)C)C3)[nH]n1)C2. The molecule has 2 aliphatic rings. The largest absolute Gasteiger partial charge is 0.496 e. The molecule has 0 aliphatic heterocycles. The molecule has 1 saturated carbocycles. The van der Waals surface area contributed by atoms with Crippen LogP contribution < -0.4 is 20.1 Å². The van der Waals surface area contributed by atoms with Gasteiger partial charge in [0, 0.05) is 35.2 Å². The first-order valence-corrected chi connectivity index (χ1v) is 14.5. The van der Waals surface area contributed by atoms with Gasteiger partial charge in [-0.3, -0.25) is 20.0 Å². The molecule has 5 rings (SSSR count). The van der Waals surface area contributed by atoms with E-state index in [1.54, 1.807) is 13.2 Å². The zero-order valence-electron chi connectivity index (χ0n) is 24.6. The number of nitrogens with one attached hydrogen (secondary N) is 3. The summed E-state index contributed by atoms with van der Waals surface area (Å²) >= 11 is 0. The molecule has 10 nitrogen and oxygen atoms in total. The number of aldehydes is 1. The molecule has 0 saturated heterocycles. The number of ether oxygens (including phenoxy) is 3. The van der Waals surface area contributed by atoms with Gasteiger partial charge in [0.15, 0.2) is 12.1 Å². The van der Waals surface area contributed by atoms with Gasteiger partial charge in [0.25, 0.3) is 0 Å². The zero-order valence-corrected chi connectivity index (χ0v) is 24.6. The molecule has 0 bridgehead atoms. The molecule has 2 unspecified atom stereocenters. The molecule has 224 valence electrons. The Hall–Kier alpha value is -3.73. The van der Waals surface area contributed by atoms with Crippen molar-refractivity contribution in [3.8, 4) is 11.5 Å². The van der Waals surface area contributed by atoms with Crippen molar-refractivity contribution in [3.63, 3.8) is 0 Å². The highest BCUT2D eigenvalue weighted by Gasteiger charge is 2.34. The second kappa shape index (κ2) is 12.6. The number of aromatic amines is 1. The molecule has 3 aromatic rings. The minimum absolute atomic E-state index is 0.0678. The smallest absolute Gasteiger partial charge is 0.229 e. The fraction of sp³-hybridized carbons (Fsp3) is 0.469. The Balaban J connectivity index is 1.20. The van der Waals surface area contributed by atoms with Gasteiger partial charge >= 0.3 is 0 Å². The summed E-state index contributed by atoms with van der Waals surface area (Å²) in [6.07, 6.45) is 3.03. The normalized spacial score (nSPS) is 20.6. The Morgan fingerprint density at radius 1 is 1.14 bits per heavy atom. The average Bonchev–Trinajstić information content (AvgIpc) is 3.71. The van der Waals surface area contributed by atoms with E-state index < -0.39 is 6.41 Å². The van der Waals surface area contributed by atoms with E-state index in [0.717, 1.165) is 47.9 Å². The first-order chi connectivity index (χ1) is 20.1. The number of benzene rings is 2. The Morgan fingerprint density at radius 3 is 2.62 bits per heavy atom. The predicted octanol–water partition coefficient (Wildman–Crippen LogP) is 4.48. The van der Waals surface area contributed by atoms with Crippen LogP contribution in [0.15, 0.2) is 42.5 Å². The van der Waals surface area contributed by atoms with Crippen molar-refractivity contribution in [2.24, 2.45) is 5.92 Å². The lowest BCUT2D eigenvalue weighted by Crippen LogP contribution is -2.46. The average molecular weight is 577 g/mol. The molecular formula is C32H40N4O6. The van der Waals surface area contributed by atoms with E-state index in [1.165, 1.54) is 0 Å². The summed E-state index contributed by atoms with van der Waals surface area (Å²) in [6.45, 7) is 6.23. The molecule has 0 spiro atoms. The van der Waals surface area contributed by atoms with Crippen LogP contribution in [0.4, 0.5) is 5.82 Å². The quantitative estimate of drug-likeness (QED) is 0.194. The van der Waals surface area contributed by atoms with E-state index >= 15 is 0 Å². The van der Waals surface area contributed by atoms with Gasteiger partial charge in [-0.15, -0.1) is 0 Å². The number of fused-ring (bicyclic) bond motifs is 1. The van der Waals surface area contributed by atoms with Crippen LogP contribution in [0.5, 0.6) is 11.5 Å². The monoisotopic (exact) mass is 576 g/mol. The highest BCUT2D eigenvalue weighted by molar-refractivity contribution is 5.94. The van der Waals surface area contributed by atoms with E-state index in [9.17, 15) is 14.7 Å². The fourth-order valence-electron chi connectivity index (χ4n) is 5.89. The van der Waals surface area contributed by atoms with Gasteiger partial charge in [-0.2, -0.15) is 5.10 Å². The van der Waals surface area contributed by atoms with Crippen molar-refractivity contribution in [2.45, 2.75) is 83.5 Å². The summed E-state index contributed by atoms with van der Waals surface area (Å²) in [5.41, 5.74) is 3.76. The molecule has 1 heterocycles. The van der Waals surface area contributed by atoms with E-state index in [0.29, 0.717) is 42.3 Å². The number of anilines is 1. The summed E-state index contributed by atoms with van der Waals surface area (Å²) in [5.74, 6) is 1.16. The topological polar surface area (TPSA) is 135 Å². The summed E-state index contributed by atoms with van der Waals surface area (Å²) < 4.78 is 17.4. The minimum atomic E-state index is -1.02. The number of methoxy groups -OCH3 is 1. The van der Waals surface area contributed by atoms with Gasteiger partial charge in [-0.25, -0.2) is 0 Å². The number of rotatable bonds is 11. The lowest BCUT2D eigenvalue weighted by Gasteiger charge is -2.26. The summed E-state index contributed by atoms with van der Waals surface area (Å²) in [6, 6.07) is 13.3. The molecule has 1 amide bonds. The van der Waals surface area contributed by atoms with Crippen LogP contribution in [0, 0.1) is 5.92 Å². The van der Waals surface area contributed by atoms with Crippen LogP contribution in [0.3, 0.4) is 0 Å². The number of aromatic nitrogens is 2. The number of H-pyrrole nitrogens is 1. The number of nitrogens with zero attached hydrogens (tertiary/aromatic N) is 1. The van der Waals surface area contributed by atoms with E-state index in [2.05, 4.69) is 20.8 Å². The van der Waals surface area contributed by atoms with Gasteiger partial charge in [0.1, 0.15) is 18.1 Å². The van der Waals surface area contributed by atoms with Crippen molar-refractivity contribution in [2.75, 3.05) is 12.4 Å². The highest BCUT2D eigenvalue weighted by atomic mass is 16.6. The van der Waals surface area contributed by atoms with Crippen molar-refractivity contribution < 1.29 is 28.9 Å². The van der Waals surface area contributed by atoms with Gasteiger partial charge in [0.2, 0.25) is 12.3 Å². The molecular weight excluding hydrogens is 536 g/mol. The molecule has 2 aliphatic carbocycles. The van der Waals surface area contributed by atoms with Crippen LogP contribution in [-0.2, 0) is 29.0 Å². The third kappa shape index (κ3) is 7.00. The Labute approximate surface area is 246 Å². The molecule has 0 radical (unpaired) electrons. The van der Waals surface area contributed by atoms with E-state index in [4.69, 9.17) is 14.2 Å². The number of aliphatic hydroxyl groups excluding tert-OH is 1. The summed E-state index contributed by atoms with van der Waals surface area (Å²) in [7, 11) is 1.58. The van der Waals surface area contributed by atoms with Crippen LogP contribution in [0.25, 0.3) is 0 Å².